The highest BCUT2D eigenvalue weighted by Crippen LogP contribution is 2.36. The normalized spacial score (nSPS) is 10.4. The molecule has 1 N–H and O–H groups in total. The number of carbonyl (C=O) groups excluding carboxylic acids is 1. The van der Waals surface area contributed by atoms with Crippen molar-refractivity contribution in [3.8, 4) is 5.75 Å². The van der Waals surface area contributed by atoms with Gasteiger partial charge in [0, 0.05) is 32.8 Å². The number of anilines is 2. The fourth-order valence-corrected chi connectivity index (χ4v) is 2.57. The van der Waals surface area contributed by atoms with Gasteiger partial charge in [-0.2, -0.15) is 0 Å². The number of nitrogens with one attached hydrogen (secondary N) is 1. The summed E-state index contributed by atoms with van der Waals surface area (Å²) in [5.74, 6) is 0.588. The Morgan fingerprint density at radius 3 is 2.72 bits per heavy atom. The van der Waals surface area contributed by atoms with E-state index < -0.39 is 0 Å². The van der Waals surface area contributed by atoms with Crippen molar-refractivity contribution in [3.05, 3.63) is 12.1 Å². The molecule has 0 radical (unpaired) electrons. The van der Waals surface area contributed by atoms with Gasteiger partial charge < -0.3 is 15.0 Å². The molecule has 1 aromatic heterocycles. The zero-order chi connectivity index (χ0) is 13.3. The number of methoxy groups -OCH3 is 1. The van der Waals surface area contributed by atoms with E-state index in [2.05, 4.69) is 10.3 Å². The summed E-state index contributed by atoms with van der Waals surface area (Å²) in [5, 5.41) is 3.28. The summed E-state index contributed by atoms with van der Waals surface area (Å²) in [6.45, 7) is 1.47. The van der Waals surface area contributed by atoms with Crippen LogP contribution in [0.3, 0.4) is 0 Å². The molecule has 0 unspecified atom stereocenters. The molecule has 2 rings (SSSR count). The van der Waals surface area contributed by atoms with Crippen molar-refractivity contribution in [3.63, 3.8) is 0 Å². The van der Waals surface area contributed by atoms with Gasteiger partial charge in [-0.3, -0.25) is 4.79 Å². The lowest BCUT2D eigenvalue weighted by molar-refractivity contribution is -0.114. The maximum Gasteiger partial charge on any atom is 0.223 e. The molecule has 96 valence electrons. The minimum Gasteiger partial charge on any atom is -0.494 e. The SMILES string of the molecule is COc1cc(N(C)C)cc2sc(NC(C)=O)nc12. The Labute approximate surface area is 109 Å². The first kappa shape index (κ1) is 12.6. The maximum atomic E-state index is 11.0. The Kier molecular flexibility index (Phi) is 3.38. The molecule has 18 heavy (non-hydrogen) atoms. The second-order valence-electron chi connectivity index (χ2n) is 4.09. The lowest BCUT2D eigenvalue weighted by Gasteiger charge is -2.13. The summed E-state index contributed by atoms with van der Waals surface area (Å²) < 4.78 is 6.33. The monoisotopic (exact) mass is 265 g/mol. The third-order valence-corrected chi connectivity index (χ3v) is 3.38. The fraction of sp³-hybridized carbons (Fsp3) is 0.333. The molecule has 0 fully saturated rings. The van der Waals surface area contributed by atoms with Gasteiger partial charge in [0.2, 0.25) is 5.91 Å². The second-order valence-corrected chi connectivity index (χ2v) is 5.12. The number of fused-ring (bicyclic) bond motifs is 1. The van der Waals surface area contributed by atoms with E-state index in [1.165, 1.54) is 18.3 Å². The van der Waals surface area contributed by atoms with Gasteiger partial charge in [0.15, 0.2) is 5.13 Å². The number of carbonyl (C=O) groups is 1. The van der Waals surface area contributed by atoms with E-state index in [4.69, 9.17) is 4.74 Å². The van der Waals surface area contributed by atoms with Crippen LogP contribution in [0.25, 0.3) is 10.2 Å². The van der Waals surface area contributed by atoms with Gasteiger partial charge in [-0.1, -0.05) is 11.3 Å². The van der Waals surface area contributed by atoms with Gasteiger partial charge in [-0.25, -0.2) is 4.98 Å². The van der Waals surface area contributed by atoms with Gasteiger partial charge in [-0.15, -0.1) is 0 Å². The van der Waals surface area contributed by atoms with E-state index in [-0.39, 0.29) is 5.91 Å². The van der Waals surface area contributed by atoms with Gasteiger partial charge >= 0.3 is 0 Å². The van der Waals surface area contributed by atoms with Crippen LogP contribution in [0, 0.1) is 0 Å². The van der Waals surface area contributed by atoms with Crippen molar-refractivity contribution < 1.29 is 9.53 Å². The van der Waals surface area contributed by atoms with Crippen LogP contribution in [0.15, 0.2) is 12.1 Å². The van der Waals surface area contributed by atoms with Crippen LogP contribution < -0.4 is 15.0 Å². The molecule has 0 bridgehead atoms. The first-order valence-electron chi connectivity index (χ1n) is 5.44. The Hall–Kier alpha value is -1.82. The largest absolute Gasteiger partial charge is 0.494 e. The number of aromatic nitrogens is 1. The average Bonchev–Trinajstić information content (AvgIpc) is 2.68. The topological polar surface area (TPSA) is 54.5 Å². The van der Waals surface area contributed by atoms with Crippen LogP contribution in [-0.2, 0) is 4.79 Å². The summed E-state index contributed by atoms with van der Waals surface area (Å²) in [7, 11) is 5.55. The molecule has 0 spiro atoms. The van der Waals surface area contributed by atoms with Gasteiger partial charge in [0.25, 0.3) is 0 Å². The number of amides is 1. The molecule has 1 heterocycles. The Balaban J connectivity index is 2.56. The average molecular weight is 265 g/mol. The molecule has 0 saturated heterocycles. The zero-order valence-corrected chi connectivity index (χ0v) is 11.6. The van der Waals surface area contributed by atoms with E-state index in [9.17, 15) is 4.79 Å². The van der Waals surface area contributed by atoms with Crippen molar-refractivity contribution >= 4 is 38.3 Å². The number of benzene rings is 1. The van der Waals surface area contributed by atoms with Gasteiger partial charge in [0.1, 0.15) is 11.3 Å². The predicted molar refractivity (Wildman–Crippen MR) is 74.8 cm³/mol. The zero-order valence-electron chi connectivity index (χ0n) is 10.8. The molecular weight excluding hydrogens is 250 g/mol. The van der Waals surface area contributed by atoms with Gasteiger partial charge in [0.05, 0.1) is 11.8 Å². The second kappa shape index (κ2) is 4.81. The molecule has 0 saturated carbocycles. The lowest BCUT2D eigenvalue weighted by atomic mass is 10.2. The highest BCUT2D eigenvalue weighted by molar-refractivity contribution is 7.22. The number of hydrogen-bond donors (Lipinski definition) is 1. The number of hydrogen-bond acceptors (Lipinski definition) is 5. The molecule has 0 aliphatic carbocycles. The van der Waals surface area contributed by atoms with Crippen molar-refractivity contribution in [1.82, 2.24) is 4.98 Å². The molecule has 1 aromatic carbocycles. The smallest absolute Gasteiger partial charge is 0.223 e. The van der Waals surface area contributed by atoms with E-state index in [0.29, 0.717) is 10.9 Å². The Morgan fingerprint density at radius 1 is 1.44 bits per heavy atom. The van der Waals surface area contributed by atoms with Crippen LogP contribution in [0.5, 0.6) is 5.75 Å². The highest BCUT2D eigenvalue weighted by Gasteiger charge is 2.12. The first-order chi connectivity index (χ1) is 8.51. The summed E-state index contributed by atoms with van der Waals surface area (Å²) in [6.07, 6.45) is 0. The van der Waals surface area contributed by atoms with Crippen LogP contribution in [0.4, 0.5) is 10.8 Å². The molecule has 5 nitrogen and oxygen atoms in total. The van der Waals surface area contributed by atoms with Crippen molar-refractivity contribution in [1.29, 1.82) is 0 Å². The molecule has 2 aromatic rings. The van der Waals surface area contributed by atoms with Crippen LogP contribution >= 0.6 is 11.3 Å². The molecular formula is C12H15N3O2S. The number of thiazole rings is 1. The quantitative estimate of drug-likeness (QED) is 0.925. The summed E-state index contributed by atoms with van der Waals surface area (Å²) in [5.41, 5.74) is 1.81. The van der Waals surface area contributed by atoms with Crippen LogP contribution in [0.2, 0.25) is 0 Å². The maximum absolute atomic E-state index is 11.0. The molecule has 6 heteroatoms. The lowest BCUT2D eigenvalue weighted by Crippen LogP contribution is -2.08. The van der Waals surface area contributed by atoms with E-state index >= 15 is 0 Å². The van der Waals surface area contributed by atoms with E-state index in [0.717, 1.165) is 15.9 Å². The third kappa shape index (κ3) is 2.38. The minimum absolute atomic E-state index is 0.124. The van der Waals surface area contributed by atoms with E-state index in [1.807, 2.05) is 31.1 Å². The van der Waals surface area contributed by atoms with Gasteiger partial charge in [-0.05, 0) is 6.07 Å². The van der Waals surface area contributed by atoms with Crippen molar-refractivity contribution in [2.45, 2.75) is 6.92 Å². The van der Waals surface area contributed by atoms with Crippen LogP contribution in [-0.4, -0.2) is 32.1 Å². The molecule has 0 aliphatic heterocycles. The van der Waals surface area contributed by atoms with Crippen LogP contribution in [0.1, 0.15) is 6.92 Å². The summed E-state index contributed by atoms with van der Waals surface area (Å²) >= 11 is 1.44. The highest BCUT2D eigenvalue weighted by atomic mass is 32.1. The first-order valence-corrected chi connectivity index (χ1v) is 6.26. The Morgan fingerprint density at radius 2 is 2.17 bits per heavy atom. The van der Waals surface area contributed by atoms with E-state index in [1.54, 1.807) is 7.11 Å². The molecule has 1 amide bonds. The number of rotatable bonds is 3. The summed E-state index contributed by atoms with van der Waals surface area (Å²) in [6, 6.07) is 3.96. The van der Waals surface area contributed by atoms with Crippen molar-refractivity contribution in [2.24, 2.45) is 0 Å². The number of ether oxygens (including phenoxy) is 1. The standard InChI is InChI=1S/C12H15N3O2S/c1-7(16)13-12-14-11-9(17-4)5-8(15(2)3)6-10(11)18-12/h5-6H,1-4H3,(H,13,14,16). The number of nitrogens with zero attached hydrogens (tertiary/aromatic N) is 2. The molecule has 0 atom stereocenters. The summed E-state index contributed by atoms with van der Waals surface area (Å²) in [4.78, 5) is 17.4. The minimum atomic E-state index is -0.124. The molecule has 0 aliphatic rings. The van der Waals surface area contributed by atoms with Crippen molar-refractivity contribution in [2.75, 3.05) is 31.4 Å². The fourth-order valence-electron chi connectivity index (χ4n) is 1.60. The third-order valence-electron chi connectivity index (χ3n) is 2.46. The predicted octanol–water partition coefficient (Wildman–Crippen LogP) is 2.33. The Bertz CT molecular complexity index is 592.